The van der Waals surface area contributed by atoms with Crippen molar-refractivity contribution in [3.05, 3.63) is 119 Å². The highest BCUT2D eigenvalue weighted by molar-refractivity contribution is 5.60. The maximum Gasteiger partial charge on any atom is 0.134 e. The van der Waals surface area contributed by atoms with Gasteiger partial charge >= 0.3 is 0 Å². The van der Waals surface area contributed by atoms with E-state index >= 15 is 0 Å². The van der Waals surface area contributed by atoms with Gasteiger partial charge in [-0.05, 0) is 44.9 Å². The zero-order chi connectivity index (χ0) is 29.5. The zero-order valence-corrected chi connectivity index (χ0v) is 24.8. The van der Waals surface area contributed by atoms with E-state index in [9.17, 15) is 0 Å². The van der Waals surface area contributed by atoms with E-state index in [4.69, 9.17) is 8.83 Å². The highest BCUT2D eigenvalue weighted by Crippen LogP contribution is 2.39. The fourth-order valence-electron chi connectivity index (χ4n) is 6.79. The Morgan fingerprint density at radius 1 is 0.682 bits per heavy atom. The van der Waals surface area contributed by atoms with E-state index in [0.717, 1.165) is 84.1 Å². The summed E-state index contributed by atoms with van der Waals surface area (Å²) in [7, 11) is 2.08. The summed E-state index contributed by atoms with van der Waals surface area (Å²) in [6, 6.07) is 25.2. The molecule has 0 radical (unpaired) electrons. The molecule has 2 atom stereocenters. The average Bonchev–Trinajstić information content (AvgIpc) is 3.87. The molecule has 2 unspecified atom stereocenters. The molecule has 222 valence electrons. The van der Waals surface area contributed by atoms with Gasteiger partial charge in [0.1, 0.15) is 23.0 Å². The lowest BCUT2D eigenvalue weighted by Gasteiger charge is -2.21. The first-order valence-electron chi connectivity index (χ1n) is 15.5. The minimum absolute atomic E-state index is 0.136. The van der Waals surface area contributed by atoms with Crippen LogP contribution >= 0.6 is 0 Å². The summed E-state index contributed by atoms with van der Waals surface area (Å²) >= 11 is 0. The van der Waals surface area contributed by atoms with Crippen molar-refractivity contribution in [1.29, 1.82) is 0 Å². The molecule has 0 bridgehead atoms. The Morgan fingerprint density at radius 2 is 1.14 bits per heavy atom. The Bertz CT molecular complexity index is 1730. The SMILES string of the molecule is CN(Cc1cn(C2CCCc3oc(-c4ccccc4)cc32)nn1)Cc1cn(C2CCCc3oc(-c4ccccc4)cc32)nn1. The highest BCUT2D eigenvalue weighted by atomic mass is 16.3. The molecule has 44 heavy (non-hydrogen) atoms. The van der Waals surface area contributed by atoms with Crippen LogP contribution in [0.3, 0.4) is 0 Å². The van der Waals surface area contributed by atoms with E-state index in [1.165, 1.54) is 11.1 Å². The Morgan fingerprint density at radius 3 is 1.59 bits per heavy atom. The summed E-state index contributed by atoms with van der Waals surface area (Å²) in [5.74, 6) is 3.97. The van der Waals surface area contributed by atoms with Gasteiger partial charge in [-0.25, -0.2) is 9.36 Å². The lowest BCUT2D eigenvalue weighted by atomic mass is 9.93. The minimum Gasteiger partial charge on any atom is -0.461 e. The normalized spacial score (nSPS) is 18.0. The van der Waals surface area contributed by atoms with Gasteiger partial charge in [0.05, 0.1) is 35.9 Å². The Hall–Kier alpha value is -4.76. The number of aryl methyl sites for hydroxylation is 2. The summed E-state index contributed by atoms with van der Waals surface area (Å²) in [5, 5.41) is 18.2. The zero-order valence-electron chi connectivity index (χ0n) is 24.8. The van der Waals surface area contributed by atoms with Crippen LogP contribution in [0.2, 0.25) is 0 Å². The smallest absolute Gasteiger partial charge is 0.134 e. The summed E-state index contributed by atoms with van der Waals surface area (Å²) in [5.41, 5.74) is 6.50. The van der Waals surface area contributed by atoms with Crippen molar-refractivity contribution >= 4 is 0 Å². The fraction of sp³-hybridized carbons (Fsp3) is 0.314. The summed E-state index contributed by atoms with van der Waals surface area (Å²) in [6.07, 6.45) is 10.3. The molecule has 2 aliphatic carbocycles. The largest absolute Gasteiger partial charge is 0.461 e. The molecule has 6 aromatic rings. The molecule has 0 spiro atoms. The van der Waals surface area contributed by atoms with Crippen molar-refractivity contribution in [1.82, 2.24) is 34.9 Å². The molecular weight excluding hydrogens is 550 g/mol. The van der Waals surface area contributed by atoms with Gasteiger partial charge in [0.15, 0.2) is 0 Å². The quantitative estimate of drug-likeness (QED) is 0.192. The van der Waals surface area contributed by atoms with Crippen LogP contribution in [0, 0.1) is 0 Å². The minimum atomic E-state index is 0.136. The Balaban J connectivity index is 0.939. The predicted molar refractivity (Wildman–Crippen MR) is 166 cm³/mol. The number of benzene rings is 2. The van der Waals surface area contributed by atoms with Crippen molar-refractivity contribution < 1.29 is 8.83 Å². The number of rotatable bonds is 8. The van der Waals surface area contributed by atoms with E-state index in [1.807, 2.05) is 45.8 Å². The topological polar surface area (TPSA) is 90.9 Å². The molecule has 8 rings (SSSR count). The van der Waals surface area contributed by atoms with Gasteiger partial charge in [0, 0.05) is 48.2 Å². The van der Waals surface area contributed by atoms with Crippen molar-refractivity contribution in [2.24, 2.45) is 0 Å². The second kappa shape index (κ2) is 11.4. The number of aromatic nitrogens is 6. The van der Waals surface area contributed by atoms with Gasteiger partial charge in [-0.3, -0.25) is 4.90 Å². The van der Waals surface area contributed by atoms with E-state index < -0.39 is 0 Å². The molecule has 0 amide bonds. The van der Waals surface area contributed by atoms with Gasteiger partial charge in [-0.2, -0.15) is 0 Å². The van der Waals surface area contributed by atoms with Gasteiger partial charge in [0.2, 0.25) is 0 Å². The first-order chi connectivity index (χ1) is 21.7. The molecule has 0 saturated heterocycles. The van der Waals surface area contributed by atoms with E-state index in [0.29, 0.717) is 13.1 Å². The van der Waals surface area contributed by atoms with Gasteiger partial charge in [0.25, 0.3) is 0 Å². The van der Waals surface area contributed by atoms with Gasteiger partial charge < -0.3 is 8.83 Å². The van der Waals surface area contributed by atoms with Crippen LogP contribution in [0.1, 0.15) is 71.8 Å². The lowest BCUT2D eigenvalue weighted by Crippen LogP contribution is -2.18. The maximum atomic E-state index is 6.28. The molecule has 2 aromatic carbocycles. The van der Waals surface area contributed by atoms with Crippen molar-refractivity contribution in [3.63, 3.8) is 0 Å². The second-order valence-electron chi connectivity index (χ2n) is 12.1. The van der Waals surface area contributed by atoms with Crippen molar-refractivity contribution in [2.75, 3.05) is 7.05 Å². The molecule has 4 aromatic heterocycles. The lowest BCUT2D eigenvalue weighted by molar-refractivity contribution is 0.311. The number of furan rings is 2. The van der Waals surface area contributed by atoms with Gasteiger partial charge in [-0.1, -0.05) is 71.1 Å². The van der Waals surface area contributed by atoms with Crippen LogP contribution in [0.15, 0.2) is 94.0 Å². The second-order valence-corrected chi connectivity index (χ2v) is 12.1. The average molecular weight is 586 g/mol. The first-order valence-corrected chi connectivity index (χ1v) is 15.5. The summed E-state index contributed by atoms with van der Waals surface area (Å²) < 4.78 is 16.6. The fourth-order valence-corrected chi connectivity index (χ4v) is 6.79. The van der Waals surface area contributed by atoms with E-state index in [1.54, 1.807) is 0 Å². The van der Waals surface area contributed by atoms with Crippen LogP contribution in [0.5, 0.6) is 0 Å². The van der Waals surface area contributed by atoms with Crippen LogP contribution in [0.25, 0.3) is 22.6 Å². The molecule has 0 N–H and O–H groups in total. The number of hydrogen-bond acceptors (Lipinski definition) is 7. The number of fused-ring (bicyclic) bond motifs is 2. The van der Waals surface area contributed by atoms with Crippen molar-refractivity contribution in [3.8, 4) is 22.6 Å². The third kappa shape index (κ3) is 5.17. The Labute approximate surface area is 256 Å². The maximum absolute atomic E-state index is 6.28. The third-order valence-corrected chi connectivity index (χ3v) is 8.90. The number of hydrogen-bond donors (Lipinski definition) is 0. The molecule has 4 heterocycles. The molecule has 9 nitrogen and oxygen atoms in total. The molecule has 9 heteroatoms. The third-order valence-electron chi connectivity index (χ3n) is 8.90. The first kappa shape index (κ1) is 26.8. The van der Waals surface area contributed by atoms with Crippen LogP contribution < -0.4 is 0 Å². The van der Waals surface area contributed by atoms with Gasteiger partial charge in [-0.15, -0.1) is 10.2 Å². The monoisotopic (exact) mass is 585 g/mol. The van der Waals surface area contributed by atoms with Crippen LogP contribution in [0.4, 0.5) is 0 Å². The number of nitrogens with zero attached hydrogens (tertiary/aromatic N) is 7. The van der Waals surface area contributed by atoms with E-state index in [2.05, 4.69) is 81.4 Å². The van der Waals surface area contributed by atoms with Crippen LogP contribution in [-0.2, 0) is 25.9 Å². The molecule has 0 aliphatic heterocycles. The molecule has 0 fully saturated rings. The summed E-state index contributed by atoms with van der Waals surface area (Å²) in [4.78, 5) is 2.21. The highest BCUT2D eigenvalue weighted by Gasteiger charge is 2.29. The molecule has 0 saturated carbocycles. The Kier molecular flexibility index (Phi) is 6.95. The van der Waals surface area contributed by atoms with Crippen LogP contribution in [-0.4, -0.2) is 41.9 Å². The van der Waals surface area contributed by atoms with E-state index in [-0.39, 0.29) is 12.1 Å². The molecular formula is C35H35N7O2. The van der Waals surface area contributed by atoms with Crippen molar-refractivity contribution in [2.45, 2.75) is 63.7 Å². The standard InChI is InChI=1S/C35H35N7O2/c1-40(20-26-22-41(38-36-26)30-14-8-16-32-28(30)18-34(43-32)24-10-4-2-5-11-24)21-27-23-42(39-37-27)31-15-9-17-33-29(31)19-35(44-33)25-12-6-3-7-13-25/h2-7,10-13,18-19,22-23,30-31H,8-9,14-17,20-21H2,1H3. The predicted octanol–water partition coefficient (Wildman–Crippen LogP) is 6.87. The summed E-state index contributed by atoms with van der Waals surface area (Å²) in [6.45, 7) is 1.34. The molecule has 2 aliphatic rings.